The van der Waals surface area contributed by atoms with Gasteiger partial charge >= 0.3 is 0 Å². The second-order valence-electron chi connectivity index (χ2n) is 5.97. The van der Waals surface area contributed by atoms with E-state index in [4.69, 9.17) is 4.74 Å². The van der Waals surface area contributed by atoms with Crippen molar-refractivity contribution in [3.63, 3.8) is 0 Å². The Morgan fingerprint density at radius 2 is 2.04 bits per heavy atom. The third kappa shape index (κ3) is 4.41. The zero-order valence-electron chi connectivity index (χ0n) is 14.9. The average Bonchev–Trinajstić information content (AvgIpc) is 3.45. The standard InChI is InChI=1S/C20H17N5O2S/c26-20(16-2-4-18(5-3-16)27-11-17-12-28-14-24-17)23-10-15-1-6-19(22-9-15)25-8-7-21-13-25/h1-9,12-14H,10-11H2,(H,23,26). The molecule has 0 saturated carbocycles. The first-order valence-electron chi connectivity index (χ1n) is 8.59. The van der Waals surface area contributed by atoms with E-state index in [2.05, 4.69) is 20.3 Å². The Balaban J connectivity index is 1.29. The first kappa shape index (κ1) is 17.9. The van der Waals surface area contributed by atoms with Gasteiger partial charge in [0.25, 0.3) is 5.91 Å². The summed E-state index contributed by atoms with van der Waals surface area (Å²) in [6.45, 7) is 0.815. The van der Waals surface area contributed by atoms with Crippen molar-refractivity contribution >= 4 is 17.2 Å². The average molecular weight is 391 g/mol. The first-order valence-corrected chi connectivity index (χ1v) is 9.53. The summed E-state index contributed by atoms with van der Waals surface area (Å²) in [6, 6.07) is 10.9. The summed E-state index contributed by atoms with van der Waals surface area (Å²) in [7, 11) is 0. The number of ether oxygens (including phenoxy) is 1. The van der Waals surface area contributed by atoms with Crippen molar-refractivity contribution in [3.05, 3.63) is 89.0 Å². The number of aromatic nitrogens is 4. The van der Waals surface area contributed by atoms with Crippen LogP contribution in [0.5, 0.6) is 5.75 Å². The Kier molecular flexibility index (Phi) is 5.39. The maximum absolute atomic E-state index is 12.3. The lowest BCUT2D eigenvalue weighted by Crippen LogP contribution is -2.22. The number of thiazole rings is 1. The Hall–Kier alpha value is -3.52. The predicted molar refractivity (Wildman–Crippen MR) is 105 cm³/mol. The van der Waals surface area contributed by atoms with Crippen LogP contribution >= 0.6 is 11.3 Å². The molecule has 1 aromatic carbocycles. The number of carbonyl (C=O) groups excluding carboxylic acids is 1. The van der Waals surface area contributed by atoms with Crippen molar-refractivity contribution in [2.24, 2.45) is 0 Å². The second kappa shape index (κ2) is 8.45. The molecule has 3 heterocycles. The fourth-order valence-corrected chi connectivity index (χ4v) is 3.06. The minimum absolute atomic E-state index is 0.148. The molecule has 0 radical (unpaired) electrons. The van der Waals surface area contributed by atoms with E-state index in [1.807, 2.05) is 28.3 Å². The van der Waals surface area contributed by atoms with Crippen LogP contribution in [0.3, 0.4) is 0 Å². The molecule has 0 bridgehead atoms. The largest absolute Gasteiger partial charge is 0.487 e. The van der Waals surface area contributed by atoms with Gasteiger partial charge in [0.1, 0.15) is 24.5 Å². The van der Waals surface area contributed by atoms with Crippen molar-refractivity contribution < 1.29 is 9.53 Å². The van der Waals surface area contributed by atoms with E-state index in [0.29, 0.717) is 24.5 Å². The van der Waals surface area contributed by atoms with E-state index in [1.165, 1.54) is 11.3 Å². The highest BCUT2D eigenvalue weighted by molar-refractivity contribution is 7.07. The predicted octanol–water partition coefficient (Wildman–Crippen LogP) is 3.23. The summed E-state index contributed by atoms with van der Waals surface area (Å²) >= 11 is 1.53. The van der Waals surface area contributed by atoms with Gasteiger partial charge in [-0.15, -0.1) is 11.3 Å². The van der Waals surface area contributed by atoms with Crippen LogP contribution in [0.2, 0.25) is 0 Å². The zero-order valence-corrected chi connectivity index (χ0v) is 15.7. The molecule has 0 aliphatic heterocycles. The zero-order chi connectivity index (χ0) is 19.2. The number of hydrogen-bond donors (Lipinski definition) is 1. The summed E-state index contributed by atoms with van der Waals surface area (Å²) in [5.74, 6) is 1.33. The number of carbonyl (C=O) groups is 1. The second-order valence-corrected chi connectivity index (χ2v) is 6.69. The minimum atomic E-state index is -0.148. The van der Waals surface area contributed by atoms with Crippen LogP contribution in [0.1, 0.15) is 21.6 Å². The molecular weight excluding hydrogens is 374 g/mol. The lowest BCUT2D eigenvalue weighted by atomic mass is 10.2. The smallest absolute Gasteiger partial charge is 0.251 e. The van der Waals surface area contributed by atoms with Crippen molar-refractivity contribution in [2.75, 3.05) is 0 Å². The van der Waals surface area contributed by atoms with Crippen LogP contribution in [-0.2, 0) is 13.2 Å². The molecule has 4 rings (SSSR count). The maximum Gasteiger partial charge on any atom is 0.251 e. The van der Waals surface area contributed by atoms with Crippen molar-refractivity contribution in [2.45, 2.75) is 13.2 Å². The third-order valence-corrected chi connectivity index (χ3v) is 4.65. The van der Waals surface area contributed by atoms with Crippen LogP contribution in [0.25, 0.3) is 5.82 Å². The van der Waals surface area contributed by atoms with Gasteiger partial charge in [-0.25, -0.2) is 15.0 Å². The highest BCUT2D eigenvalue weighted by atomic mass is 32.1. The van der Waals surface area contributed by atoms with Gasteiger partial charge < -0.3 is 10.1 Å². The minimum Gasteiger partial charge on any atom is -0.487 e. The molecule has 1 amide bonds. The molecule has 0 atom stereocenters. The number of imidazole rings is 1. The SMILES string of the molecule is O=C(NCc1ccc(-n2ccnc2)nc1)c1ccc(OCc2cscn2)cc1. The number of pyridine rings is 1. The molecule has 0 unspecified atom stereocenters. The van der Waals surface area contributed by atoms with Crippen molar-refractivity contribution in [1.82, 2.24) is 24.8 Å². The van der Waals surface area contributed by atoms with Gasteiger partial charge in [0.15, 0.2) is 0 Å². The quantitative estimate of drug-likeness (QED) is 0.523. The highest BCUT2D eigenvalue weighted by Gasteiger charge is 2.07. The number of nitrogens with one attached hydrogen (secondary N) is 1. The highest BCUT2D eigenvalue weighted by Crippen LogP contribution is 2.14. The topological polar surface area (TPSA) is 81.9 Å². The molecule has 4 aromatic rings. The Morgan fingerprint density at radius 3 is 2.71 bits per heavy atom. The Bertz CT molecular complexity index is 1010. The summed E-state index contributed by atoms with van der Waals surface area (Å²) in [4.78, 5) is 24.9. The number of hydrogen-bond acceptors (Lipinski definition) is 6. The molecule has 0 spiro atoms. The van der Waals surface area contributed by atoms with E-state index in [-0.39, 0.29) is 5.91 Å². The van der Waals surface area contributed by atoms with Crippen LogP contribution in [-0.4, -0.2) is 25.4 Å². The lowest BCUT2D eigenvalue weighted by molar-refractivity contribution is 0.0951. The molecule has 140 valence electrons. The molecule has 1 N–H and O–H groups in total. The molecule has 0 saturated heterocycles. The summed E-state index contributed by atoms with van der Waals surface area (Å²) < 4.78 is 7.47. The molecule has 0 aliphatic carbocycles. The number of rotatable bonds is 7. The van der Waals surface area contributed by atoms with Gasteiger partial charge in [0, 0.05) is 36.1 Å². The van der Waals surface area contributed by atoms with Gasteiger partial charge in [-0.05, 0) is 35.9 Å². The number of amides is 1. The lowest BCUT2D eigenvalue weighted by Gasteiger charge is -2.08. The van der Waals surface area contributed by atoms with Gasteiger partial charge in [0.2, 0.25) is 0 Å². The first-order chi connectivity index (χ1) is 13.8. The normalized spacial score (nSPS) is 10.6. The van der Waals surface area contributed by atoms with Gasteiger partial charge in [0.05, 0.1) is 11.2 Å². The number of nitrogens with zero attached hydrogens (tertiary/aromatic N) is 4. The van der Waals surface area contributed by atoms with Crippen LogP contribution in [0.4, 0.5) is 0 Å². The molecule has 8 heteroatoms. The molecule has 0 aliphatic rings. The van der Waals surface area contributed by atoms with Crippen LogP contribution in [0.15, 0.2) is 72.2 Å². The monoisotopic (exact) mass is 391 g/mol. The molecular formula is C20H17N5O2S. The van der Waals surface area contributed by atoms with Crippen LogP contribution < -0.4 is 10.1 Å². The molecule has 0 fully saturated rings. The van der Waals surface area contributed by atoms with E-state index in [1.54, 1.807) is 48.5 Å². The molecule has 3 aromatic heterocycles. The van der Waals surface area contributed by atoms with E-state index in [9.17, 15) is 4.79 Å². The van der Waals surface area contributed by atoms with Crippen molar-refractivity contribution in [3.8, 4) is 11.6 Å². The molecule has 7 nitrogen and oxygen atoms in total. The number of benzene rings is 1. The summed E-state index contributed by atoms with van der Waals surface area (Å²) in [5.41, 5.74) is 4.15. The van der Waals surface area contributed by atoms with Gasteiger partial charge in [-0.1, -0.05) is 6.07 Å². The molecule has 28 heavy (non-hydrogen) atoms. The Labute approximate surface area is 165 Å². The fraction of sp³-hybridized carbons (Fsp3) is 0.100. The summed E-state index contributed by atoms with van der Waals surface area (Å²) in [6.07, 6.45) is 6.96. The van der Waals surface area contributed by atoms with E-state index in [0.717, 1.165) is 17.1 Å². The summed E-state index contributed by atoms with van der Waals surface area (Å²) in [5, 5.41) is 4.84. The Morgan fingerprint density at radius 1 is 1.14 bits per heavy atom. The van der Waals surface area contributed by atoms with Gasteiger partial charge in [-0.2, -0.15) is 0 Å². The third-order valence-electron chi connectivity index (χ3n) is 4.02. The maximum atomic E-state index is 12.3. The van der Waals surface area contributed by atoms with Gasteiger partial charge in [-0.3, -0.25) is 9.36 Å². The van der Waals surface area contributed by atoms with Crippen molar-refractivity contribution in [1.29, 1.82) is 0 Å². The van der Waals surface area contributed by atoms with E-state index < -0.39 is 0 Å². The van der Waals surface area contributed by atoms with Crippen LogP contribution in [0, 0.1) is 0 Å². The van der Waals surface area contributed by atoms with E-state index >= 15 is 0 Å². The fourth-order valence-electron chi connectivity index (χ4n) is 2.52.